The maximum atomic E-state index is 14.0. The normalized spacial score (nSPS) is 18.3. The largest absolute Gasteiger partial charge is 0.357 e. The number of carbonyl (C=O) groups excluding carboxylic acids is 1. The van der Waals surface area contributed by atoms with Crippen molar-refractivity contribution in [2.45, 2.75) is 53.5 Å². The lowest BCUT2D eigenvalue weighted by Crippen LogP contribution is -2.40. The molecular formula is C31H34N6O3S2. The Balaban J connectivity index is 1.67. The van der Waals surface area contributed by atoms with Crippen molar-refractivity contribution in [2.75, 3.05) is 22.9 Å². The molecule has 0 bridgehead atoms. The molecule has 1 unspecified atom stereocenters. The van der Waals surface area contributed by atoms with Crippen LogP contribution in [0.5, 0.6) is 0 Å². The zero-order chi connectivity index (χ0) is 30.3. The van der Waals surface area contributed by atoms with Gasteiger partial charge in [0.25, 0.3) is 17.0 Å². The molecule has 2 aliphatic rings. The number of thiocarbonyl (C=S) groups is 1. The van der Waals surface area contributed by atoms with E-state index in [1.165, 1.54) is 9.58 Å². The van der Waals surface area contributed by atoms with Crippen LogP contribution >= 0.6 is 24.0 Å². The molecule has 2 aromatic heterocycles. The van der Waals surface area contributed by atoms with Crippen molar-refractivity contribution in [1.29, 1.82) is 5.26 Å². The lowest BCUT2D eigenvalue weighted by atomic mass is 9.98. The van der Waals surface area contributed by atoms with E-state index in [0.717, 1.165) is 43.5 Å². The van der Waals surface area contributed by atoms with Crippen molar-refractivity contribution in [3.05, 3.63) is 78.3 Å². The SMILES string of the molecule is CCCn1c(N2CCCC(C)C2)c(C=C2SC(=S)N(c3c(C)n(C)n(-c4ccccc4)c3=O)C2=O)c(C)c(C#N)c1=O. The molecule has 1 amide bonds. The molecule has 2 saturated heterocycles. The maximum absolute atomic E-state index is 14.0. The highest BCUT2D eigenvalue weighted by molar-refractivity contribution is 8.27. The number of nitrogens with zero attached hydrogens (tertiary/aromatic N) is 6. The van der Waals surface area contributed by atoms with Crippen molar-refractivity contribution in [3.8, 4) is 11.8 Å². The molecule has 5 rings (SSSR count). The number of rotatable bonds is 6. The van der Waals surface area contributed by atoms with Crippen LogP contribution in [0.4, 0.5) is 11.5 Å². The number of piperidine rings is 1. The average Bonchev–Trinajstić information content (AvgIpc) is 3.36. The molecule has 2 aliphatic heterocycles. The second kappa shape index (κ2) is 11.8. The molecule has 0 N–H and O–H groups in total. The Bertz CT molecular complexity index is 1780. The van der Waals surface area contributed by atoms with Crippen molar-refractivity contribution in [2.24, 2.45) is 13.0 Å². The first kappa shape index (κ1) is 29.6. The van der Waals surface area contributed by atoms with Crippen LogP contribution in [0.2, 0.25) is 0 Å². The van der Waals surface area contributed by atoms with E-state index in [0.29, 0.717) is 46.3 Å². The van der Waals surface area contributed by atoms with Gasteiger partial charge >= 0.3 is 0 Å². The van der Waals surface area contributed by atoms with E-state index >= 15 is 0 Å². The Morgan fingerprint density at radius 3 is 2.50 bits per heavy atom. The monoisotopic (exact) mass is 602 g/mol. The van der Waals surface area contributed by atoms with Crippen molar-refractivity contribution >= 4 is 51.8 Å². The van der Waals surface area contributed by atoms with Gasteiger partial charge in [-0.1, -0.05) is 56.0 Å². The highest BCUT2D eigenvalue weighted by atomic mass is 32.2. The van der Waals surface area contributed by atoms with Crippen molar-refractivity contribution in [1.82, 2.24) is 13.9 Å². The predicted molar refractivity (Wildman–Crippen MR) is 172 cm³/mol. The number of hydrogen-bond donors (Lipinski definition) is 0. The number of amides is 1. The molecule has 0 saturated carbocycles. The Morgan fingerprint density at radius 1 is 1.14 bits per heavy atom. The third kappa shape index (κ3) is 4.92. The number of para-hydroxylation sites is 1. The van der Waals surface area contributed by atoms with Gasteiger partial charge in [-0.15, -0.1) is 0 Å². The molecule has 218 valence electrons. The summed E-state index contributed by atoms with van der Waals surface area (Å²) in [5.74, 6) is 0.774. The predicted octanol–water partition coefficient (Wildman–Crippen LogP) is 4.88. The van der Waals surface area contributed by atoms with Gasteiger partial charge in [-0.05, 0) is 62.8 Å². The molecule has 4 heterocycles. The second-order valence-electron chi connectivity index (χ2n) is 10.9. The number of pyridine rings is 1. The van der Waals surface area contributed by atoms with E-state index in [1.807, 2.05) is 37.3 Å². The quantitative estimate of drug-likeness (QED) is 0.293. The minimum absolute atomic E-state index is 0.0728. The third-order valence-electron chi connectivity index (χ3n) is 8.07. The lowest BCUT2D eigenvalue weighted by molar-refractivity contribution is -0.113. The van der Waals surface area contributed by atoms with Crippen LogP contribution < -0.4 is 20.9 Å². The van der Waals surface area contributed by atoms with E-state index in [2.05, 4.69) is 17.9 Å². The fraction of sp³-hybridized carbons (Fsp3) is 0.387. The molecule has 3 aromatic rings. The van der Waals surface area contributed by atoms with E-state index in [1.54, 1.807) is 36.2 Å². The molecule has 2 fully saturated rings. The van der Waals surface area contributed by atoms with Crippen LogP contribution in [-0.4, -0.2) is 37.2 Å². The van der Waals surface area contributed by atoms with Crippen LogP contribution in [0.3, 0.4) is 0 Å². The lowest BCUT2D eigenvalue weighted by Gasteiger charge is -2.36. The molecule has 0 radical (unpaired) electrons. The summed E-state index contributed by atoms with van der Waals surface area (Å²) in [6, 6.07) is 11.3. The van der Waals surface area contributed by atoms with Crippen LogP contribution in [-0.2, 0) is 18.4 Å². The van der Waals surface area contributed by atoms with E-state index in [4.69, 9.17) is 12.2 Å². The maximum Gasteiger partial charge on any atom is 0.296 e. The molecule has 9 nitrogen and oxygen atoms in total. The van der Waals surface area contributed by atoms with Gasteiger partial charge in [0.15, 0.2) is 4.32 Å². The zero-order valence-electron chi connectivity index (χ0n) is 24.5. The fourth-order valence-corrected chi connectivity index (χ4v) is 7.15. The van der Waals surface area contributed by atoms with Crippen molar-refractivity contribution in [3.63, 3.8) is 0 Å². The number of benzene rings is 1. The number of nitriles is 1. The van der Waals surface area contributed by atoms with Gasteiger partial charge in [-0.25, -0.2) is 4.68 Å². The molecule has 0 aliphatic carbocycles. The van der Waals surface area contributed by atoms with Gasteiger partial charge in [0.2, 0.25) is 0 Å². The van der Waals surface area contributed by atoms with E-state index in [9.17, 15) is 19.6 Å². The number of thioether (sulfide) groups is 1. The molecule has 1 aromatic carbocycles. The number of hydrogen-bond acceptors (Lipinski definition) is 7. The van der Waals surface area contributed by atoms with Crippen molar-refractivity contribution < 1.29 is 4.79 Å². The van der Waals surface area contributed by atoms with Crippen LogP contribution in [0.1, 0.15) is 55.5 Å². The van der Waals surface area contributed by atoms with Gasteiger partial charge < -0.3 is 4.90 Å². The summed E-state index contributed by atoms with van der Waals surface area (Å²) in [5, 5.41) is 9.95. The highest BCUT2D eigenvalue weighted by Crippen LogP contribution is 2.39. The molecule has 42 heavy (non-hydrogen) atoms. The van der Waals surface area contributed by atoms with E-state index < -0.39 is 5.91 Å². The van der Waals surface area contributed by atoms with Gasteiger partial charge in [0.1, 0.15) is 23.1 Å². The summed E-state index contributed by atoms with van der Waals surface area (Å²) in [5.41, 5.74) is 2.11. The summed E-state index contributed by atoms with van der Waals surface area (Å²) in [6.45, 7) is 9.76. The zero-order valence-corrected chi connectivity index (χ0v) is 26.1. The summed E-state index contributed by atoms with van der Waals surface area (Å²) >= 11 is 6.80. The fourth-order valence-electron chi connectivity index (χ4n) is 5.90. The summed E-state index contributed by atoms with van der Waals surface area (Å²) in [6.07, 6.45) is 4.56. The smallest absolute Gasteiger partial charge is 0.296 e. The topological polar surface area (TPSA) is 96.3 Å². The van der Waals surface area contributed by atoms with Crippen LogP contribution in [0.25, 0.3) is 11.8 Å². The Hall–Kier alpha value is -3.88. The van der Waals surface area contributed by atoms with Crippen LogP contribution in [0, 0.1) is 31.1 Å². The number of aromatic nitrogens is 3. The van der Waals surface area contributed by atoms with E-state index in [-0.39, 0.29) is 26.7 Å². The average molecular weight is 603 g/mol. The number of carbonyl (C=O) groups is 1. The first-order valence-electron chi connectivity index (χ1n) is 14.1. The van der Waals surface area contributed by atoms with Gasteiger partial charge in [0.05, 0.1) is 16.3 Å². The first-order valence-corrected chi connectivity index (χ1v) is 15.4. The summed E-state index contributed by atoms with van der Waals surface area (Å²) in [4.78, 5) is 45.1. The summed E-state index contributed by atoms with van der Waals surface area (Å²) in [7, 11) is 1.77. The van der Waals surface area contributed by atoms with Crippen LogP contribution in [0.15, 0.2) is 44.8 Å². The Morgan fingerprint density at radius 2 is 1.86 bits per heavy atom. The molecule has 0 spiro atoms. The molecular weight excluding hydrogens is 569 g/mol. The minimum Gasteiger partial charge on any atom is -0.357 e. The second-order valence-corrected chi connectivity index (χ2v) is 12.6. The first-order chi connectivity index (χ1) is 20.1. The molecule has 11 heteroatoms. The third-order valence-corrected chi connectivity index (χ3v) is 9.37. The number of anilines is 2. The highest BCUT2D eigenvalue weighted by Gasteiger charge is 2.38. The molecule has 1 atom stereocenters. The van der Waals surface area contributed by atoms with Gasteiger partial charge in [-0.3, -0.25) is 28.5 Å². The Labute approximate surface area is 254 Å². The standard InChI is InChI=1S/C31H34N6O3S2/c1-6-14-35-27(34-15-10-11-19(2)18-34)23(20(3)24(17-32)28(35)38)16-25-29(39)36(31(41)42-25)26-21(4)33(5)37(30(26)40)22-12-8-7-9-13-22/h7-9,12-13,16,19H,6,10-11,14-15,18H2,1-5H3. The Kier molecular flexibility index (Phi) is 8.30. The van der Waals surface area contributed by atoms with Gasteiger partial charge in [-0.2, -0.15) is 5.26 Å². The summed E-state index contributed by atoms with van der Waals surface area (Å²) < 4.78 is 5.18. The minimum atomic E-state index is -0.403. The van der Waals surface area contributed by atoms with Gasteiger partial charge in [0, 0.05) is 32.2 Å².